The highest BCUT2D eigenvalue weighted by molar-refractivity contribution is 6.31. The highest BCUT2D eigenvalue weighted by atomic mass is 35.5. The summed E-state index contributed by atoms with van der Waals surface area (Å²) in [5.74, 6) is 0.303. The van der Waals surface area contributed by atoms with Crippen molar-refractivity contribution in [3.8, 4) is 5.75 Å². The minimum Gasteiger partial charge on any atom is -0.496 e. The predicted octanol–water partition coefficient (Wildman–Crippen LogP) is 2.52. The Hall–Kier alpha value is -1.26. The highest BCUT2D eigenvalue weighted by Gasteiger charge is 2.22. The summed E-state index contributed by atoms with van der Waals surface area (Å²) in [6, 6.07) is 4.97. The van der Waals surface area contributed by atoms with E-state index in [1.54, 1.807) is 18.2 Å². The molecular weight excluding hydrogens is 242 g/mol. The zero-order chi connectivity index (χ0) is 12.3. The molecule has 0 saturated carbocycles. The number of amides is 1. The molecule has 5 heteroatoms. The normalized spacial score (nSPS) is 15.8. The third-order valence-electron chi connectivity index (χ3n) is 2.62. The second kappa shape index (κ2) is 5.38. The van der Waals surface area contributed by atoms with Crippen molar-refractivity contribution in [3.05, 3.63) is 28.8 Å². The summed E-state index contributed by atoms with van der Waals surface area (Å²) < 4.78 is 5.15. The largest absolute Gasteiger partial charge is 0.496 e. The van der Waals surface area contributed by atoms with Crippen molar-refractivity contribution < 1.29 is 14.4 Å². The van der Waals surface area contributed by atoms with E-state index in [0.717, 1.165) is 12.8 Å². The van der Waals surface area contributed by atoms with Crippen LogP contribution in [0.2, 0.25) is 5.02 Å². The number of carbonyl (C=O) groups excluding carboxylic acids is 1. The first kappa shape index (κ1) is 12.2. The standard InChI is InChI=1S/C12H14ClNO3/c1-16-11-5-4-9(13)8-10(11)12(15)14-6-2-3-7-17-14/h4-5,8H,2-3,6-7H2,1H3. The van der Waals surface area contributed by atoms with E-state index in [2.05, 4.69) is 0 Å². The zero-order valence-electron chi connectivity index (χ0n) is 9.61. The maximum absolute atomic E-state index is 12.2. The number of carbonyl (C=O) groups is 1. The van der Waals surface area contributed by atoms with Gasteiger partial charge in [-0.15, -0.1) is 0 Å². The highest BCUT2D eigenvalue weighted by Crippen LogP contribution is 2.25. The molecule has 17 heavy (non-hydrogen) atoms. The van der Waals surface area contributed by atoms with Crippen molar-refractivity contribution in [1.82, 2.24) is 5.06 Å². The molecule has 4 nitrogen and oxygen atoms in total. The van der Waals surface area contributed by atoms with E-state index in [1.165, 1.54) is 12.2 Å². The average molecular weight is 256 g/mol. The van der Waals surface area contributed by atoms with Crippen molar-refractivity contribution in [2.24, 2.45) is 0 Å². The summed E-state index contributed by atoms with van der Waals surface area (Å²) in [6.07, 6.45) is 1.94. The van der Waals surface area contributed by atoms with Crippen LogP contribution in [0.3, 0.4) is 0 Å². The Labute approximate surface area is 105 Å². The number of hydrogen-bond donors (Lipinski definition) is 0. The molecular formula is C12H14ClNO3. The monoisotopic (exact) mass is 255 g/mol. The fourth-order valence-electron chi connectivity index (χ4n) is 1.74. The Bertz CT molecular complexity index is 416. The Morgan fingerprint density at radius 3 is 2.94 bits per heavy atom. The molecule has 0 spiro atoms. The summed E-state index contributed by atoms with van der Waals surface area (Å²) in [6.45, 7) is 1.18. The molecule has 2 rings (SSSR count). The van der Waals surface area contributed by atoms with E-state index in [0.29, 0.717) is 29.5 Å². The van der Waals surface area contributed by atoms with Crippen LogP contribution in [-0.2, 0) is 4.84 Å². The Balaban J connectivity index is 2.25. The van der Waals surface area contributed by atoms with Gasteiger partial charge in [0.2, 0.25) is 0 Å². The number of halogens is 1. The minimum absolute atomic E-state index is 0.205. The van der Waals surface area contributed by atoms with Gasteiger partial charge in [0.1, 0.15) is 5.75 Å². The van der Waals surface area contributed by atoms with Crippen molar-refractivity contribution in [2.75, 3.05) is 20.3 Å². The number of hydroxylamine groups is 2. The summed E-state index contributed by atoms with van der Waals surface area (Å²) in [5, 5.41) is 1.88. The third-order valence-corrected chi connectivity index (χ3v) is 2.86. The molecule has 0 radical (unpaired) electrons. The smallest absolute Gasteiger partial charge is 0.281 e. The first-order valence-electron chi connectivity index (χ1n) is 5.50. The molecule has 1 amide bonds. The van der Waals surface area contributed by atoms with Crippen LogP contribution in [0.4, 0.5) is 0 Å². The van der Waals surface area contributed by atoms with Crippen LogP contribution in [0.15, 0.2) is 18.2 Å². The van der Waals surface area contributed by atoms with Gasteiger partial charge in [-0.3, -0.25) is 9.63 Å². The fourth-order valence-corrected chi connectivity index (χ4v) is 1.91. The topological polar surface area (TPSA) is 38.8 Å². The number of hydrogen-bond acceptors (Lipinski definition) is 3. The van der Waals surface area contributed by atoms with E-state index in [4.69, 9.17) is 21.2 Å². The van der Waals surface area contributed by atoms with E-state index >= 15 is 0 Å². The summed E-state index contributed by atoms with van der Waals surface area (Å²) in [5.41, 5.74) is 0.432. The molecule has 0 bridgehead atoms. The lowest BCUT2D eigenvalue weighted by Gasteiger charge is -2.26. The van der Waals surface area contributed by atoms with Gasteiger partial charge in [-0.1, -0.05) is 11.6 Å². The molecule has 0 unspecified atom stereocenters. The number of methoxy groups -OCH3 is 1. The van der Waals surface area contributed by atoms with Crippen molar-refractivity contribution in [2.45, 2.75) is 12.8 Å². The molecule has 0 aliphatic carbocycles. The molecule has 1 aromatic rings. The lowest BCUT2D eigenvalue weighted by Crippen LogP contribution is -2.35. The molecule has 0 N–H and O–H groups in total. The second-order valence-electron chi connectivity index (χ2n) is 3.79. The summed E-state index contributed by atoms with van der Waals surface area (Å²) >= 11 is 5.89. The van der Waals surface area contributed by atoms with Crippen LogP contribution >= 0.6 is 11.6 Å². The van der Waals surface area contributed by atoms with Crippen molar-refractivity contribution in [3.63, 3.8) is 0 Å². The molecule has 1 aromatic carbocycles. The van der Waals surface area contributed by atoms with Gasteiger partial charge < -0.3 is 4.74 Å². The Kier molecular flexibility index (Phi) is 3.86. The SMILES string of the molecule is COc1ccc(Cl)cc1C(=O)N1CCCCO1. The van der Waals surface area contributed by atoms with Crippen LogP contribution < -0.4 is 4.74 Å². The van der Waals surface area contributed by atoms with Gasteiger partial charge in [-0.2, -0.15) is 0 Å². The Morgan fingerprint density at radius 2 is 2.29 bits per heavy atom. The zero-order valence-corrected chi connectivity index (χ0v) is 10.4. The quantitative estimate of drug-likeness (QED) is 0.815. The maximum atomic E-state index is 12.2. The maximum Gasteiger partial charge on any atom is 0.281 e. The molecule has 92 valence electrons. The van der Waals surface area contributed by atoms with Gasteiger partial charge in [-0.05, 0) is 31.0 Å². The second-order valence-corrected chi connectivity index (χ2v) is 4.23. The van der Waals surface area contributed by atoms with Gasteiger partial charge in [0, 0.05) is 11.6 Å². The van der Waals surface area contributed by atoms with E-state index in [-0.39, 0.29) is 5.91 Å². The predicted molar refractivity (Wildman–Crippen MR) is 64.2 cm³/mol. The number of nitrogens with zero attached hydrogens (tertiary/aromatic N) is 1. The lowest BCUT2D eigenvalue weighted by atomic mass is 10.1. The minimum atomic E-state index is -0.205. The number of ether oxygens (including phenoxy) is 1. The van der Waals surface area contributed by atoms with E-state index in [9.17, 15) is 4.79 Å². The van der Waals surface area contributed by atoms with Crippen LogP contribution in [0.5, 0.6) is 5.75 Å². The fraction of sp³-hybridized carbons (Fsp3) is 0.417. The summed E-state index contributed by atoms with van der Waals surface area (Å²) in [4.78, 5) is 17.5. The van der Waals surface area contributed by atoms with Gasteiger partial charge in [-0.25, -0.2) is 5.06 Å². The molecule has 1 aliphatic rings. The van der Waals surface area contributed by atoms with Crippen LogP contribution in [0.1, 0.15) is 23.2 Å². The average Bonchev–Trinajstić information content (AvgIpc) is 2.39. The molecule has 1 heterocycles. The van der Waals surface area contributed by atoms with E-state index in [1.807, 2.05) is 0 Å². The molecule has 1 aliphatic heterocycles. The van der Waals surface area contributed by atoms with Crippen molar-refractivity contribution >= 4 is 17.5 Å². The van der Waals surface area contributed by atoms with Crippen LogP contribution in [-0.4, -0.2) is 31.2 Å². The molecule has 1 saturated heterocycles. The molecule has 0 aromatic heterocycles. The Morgan fingerprint density at radius 1 is 1.47 bits per heavy atom. The molecule has 0 atom stereocenters. The van der Waals surface area contributed by atoms with Crippen LogP contribution in [0, 0.1) is 0 Å². The van der Waals surface area contributed by atoms with Gasteiger partial charge in [0.15, 0.2) is 0 Å². The number of benzene rings is 1. The third kappa shape index (κ3) is 2.70. The first-order chi connectivity index (χ1) is 8.22. The van der Waals surface area contributed by atoms with Gasteiger partial charge in [0.25, 0.3) is 5.91 Å². The van der Waals surface area contributed by atoms with Crippen LogP contribution in [0.25, 0.3) is 0 Å². The van der Waals surface area contributed by atoms with Crippen molar-refractivity contribution in [1.29, 1.82) is 0 Å². The van der Waals surface area contributed by atoms with Gasteiger partial charge >= 0.3 is 0 Å². The lowest BCUT2D eigenvalue weighted by molar-refractivity contribution is -0.144. The first-order valence-corrected chi connectivity index (χ1v) is 5.88. The van der Waals surface area contributed by atoms with Gasteiger partial charge in [0.05, 0.1) is 19.3 Å². The number of rotatable bonds is 2. The van der Waals surface area contributed by atoms with E-state index < -0.39 is 0 Å². The summed E-state index contributed by atoms with van der Waals surface area (Å²) in [7, 11) is 1.52. The molecule has 1 fully saturated rings.